The summed E-state index contributed by atoms with van der Waals surface area (Å²) in [6.45, 7) is 2.61. The lowest BCUT2D eigenvalue weighted by atomic mass is 10.1. The summed E-state index contributed by atoms with van der Waals surface area (Å²) in [5.41, 5.74) is 0. The molecule has 3 heterocycles. The van der Waals surface area contributed by atoms with Crippen LogP contribution in [0.25, 0.3) is 0 Å². The second-order valence-electron chi connectivity index (χ2n) is 5.32. The maximum Gasteiger partial charge on any atom is 0.287 e. The minimum absolute atomic E-state index is 0.0826. The zero-order valence-corrected chi connectivity index (χ0v) is 12.0. The molecule has 1 saturated heterocycles. The van der Waals surface area contributed by atoms with Crippen LogP contribution in [0.15, 0.2) is 45.6 Å². The van der Waals surface area contributed by atoms with E-state index in [9.17, 15) is 4.79 Å². The number of rotatable bonds is 5. The number of hydrogen-bond donors (Lipinski definition) is 1. The van der Waals surface area contributed by atoms with Crippen LogP contribution in [-0.2, 0) is 0 Å². The second-order valence-corrected chi connectivity index (χ2v) is 5.32. The number of furan rings is 2. The van der Waals surface area contributed by atoms with Gasteiger partial charge in [0.25, 0.3) is 5.91 Å². The molecule has 0 bridgehead atoms. The Morgan fingerprint density at radius 2 is 1.90 bits per heavy atom. The van der Waals surface area contributed by atoms with E-state index in [4.69, 9.17) is 8.83 Å². The van der Waals surface area contributed by atoms with Gasteiger partial charge in [-0.25, -0.2) is 0 Å². The van der Waals surface area contributed by atoms with Crippen molar-refractivity contribution in [1.82, 2.24) is 10.2 Å². The van der Waals surface area contributed by atoms with Crippen LogP contribution in [-0.4, -0.2) is 30.4 Å². The van der Waals surface area contributed by atoms with Crippen LogP contribution >= 0.6 is 0 Å². The largest absolute Gasteiger partial charge is 0.468 e. The van der Waals surface area contributed by atoms with E-state index >= 15 is 0 Å². The maximum absolute atomic E-state index is 12.0. The first-order valence-corrected chi connectivity index (χ1v) is 7.44. The lowest BCUT2D eigenvalue weighted by Gasteiger charge is -2.33. The second kappa shape index (κ2) is 6.63. The van der Waals surface area contributed by atoms with Gasteiger partial charge in [-0.05, 0) is 50.2 Å². The molecular formula is C16H20N2O3. The van der Waals surface area contributed by atoms with Crippen molar-refractivity contribution >= 4 is 5.91 Å². The predicted molar refractivity (Wildman–Crippen MR) is 77.9 cm³/mol. The summed E-state index contributed by atoms with van der Waals surface area (Å²) in [7, 11) is 0. The lowest BCUT2D eigenvalue weighted by Crippen LogP contribution is -2.40. The fourth-order valence-corrected chi connectivity index (χ4v) is 2.80. The van der Waals surface area contributed by atoms with Crippen LogP contribution in [0.4, 0.5) is 0 Å². The summed E-state index contributed by atoms with van der Waals surface area (Å²) in [5.74, 6) is 1.05. The average Bonchev–Trinajstić information content (AvgIpc) is 3.22. The highest BCUT2D eigenvalue weighted by molar-refractivity contribution is 5.91. The molecule has 0 aliphatic carbocycles. The van der Waals surface area contributed by atoms with E-state index in [1.807, 2.05) is 12.1 Å². The summed E-state index contributed by atoms with van der Waals surface area (Å²) < 4.78 is 10.7. The number of amides is 1. The predicted octanol–water partition coefficient (Wildman–Crippen LogP) is 2.83. The molecule has 112 valence electrons. The molecule has 0 spiro atoms. The molecule has 2 aromatic rings. The number of nitrogens with zero attached hydrogens (tertiary/aromatic N) is 1. The fourth-order valence-electron chi connectivity index (χ4n) is 2.80. The number of carbonyl (C=O) groups is 1. The highest BCUT2D eigenvalue weighted by Crippen LogP contribution is 2.24. The minimum Gasteiger partial charge on any atom is -0.468 e. The topological polar surface area (TPSA) is 58.6 Å². The van der Waals surface area contributed by atoms with Gasteiger partial charge in [-0.1, -0.05) is 6.42 Å². The Bertz CT molecular complexity index is 542. The molecular weight excluding hydrogens is 268 g/mol. The molecule has 5 heteroatoms. The first-order valence-electron chi connectivity index (χ1n) is 7.44. The molecule has 0 saturated carbocycles. The number of carbonyl (C=O) groups excluding carboxylic acids is 1. The Hall–Kier alpha value is -2.01. The molecule has 0 unspecified atom stereocenters. The van der Waals surface area contributed by atoms with Gasteiger partial charge in [0.05, 0.1) is 18.6 Å². The van der Waals surface area contributed by atoms with Crippen LogP contribution < -0.4 is 5.32 Å². The van der Waals surface area contributed by atoms with Crippen molar-refractivity contribution in [2.45, 2.75) is 25.3 Å². The summed E-state index contributed by atoms with van der Waals surface area (Å²) in [6, 6.07) is 7.32. The van der Waals surface area contributed by atoms with Crippen molar-refractivity contribution in [2.75, 3.05) is 19.6 Å². The summed E-state index contributed by atoms with van der Waals surface area (Å²) in [5, 5.41) is 2.94. The first kappa shape index (κ1) is 13.9. The number of nitrogens with one attached hydrogen (secondary N) is 1. The zero-order chi connectivity index (χ0) is 14.5. The molecule has 1 fully saturated rings. The molecule has 2 aromatic heterocycles. The Morgan fingerprint density at radius 3 is 2.57 bits per heavy atom. The normalized spacial score (nSPS) is 17.5. The van der Waals surface area contributed by atoms with Crippen molar-refractivity contribution in [1.29, 1.82) is 0 Å². The molecule has 1 N–H and O–H groups in total. The highest BCUT2D eigenvalue weighted by atomic mass is 16.3. The average molecular weight is 288 g/mol. The van der Waals surface area contributed by atoms with E-state index in [-0.39, 0.29) is 11.9 Å². The Balaban J connectivity index is 1.66. The summed E-state index contributed by atoms with van der Waals surface area (Å²) in [4.78, 5) is 14.4. The Morgan fingerprint density at radius 1 is 1.14 bits per heavy atom. The summed E-state index contributed by atoms with van der Waals surface area (Å²) >= 11 is 0. The van der Waals surface area contributed by atoms with Crippen molar-refractivity contribution in [2.24, 2.45) is 0 Å². The number of hydrogen-bond acceptors (Lipinski definition) is 4. The molecule has 1 amide bonds. The monoisotopic (exact) mass is 288 g/mol. The number of likely N-dealkylation sites (tertiary alicyclic amines) is 1. The van der Waals surface area contributed by atoms with Crippen LogP contribution in [0.3, 0.4) is 0 Å². The lowest BCUT2D eigenvalue weighted by molar-refractivity contribution is 0.0887. The third-order valence-corrected chi connectivity index (χ3v) is 3.90. The van der Waals surface area contributed by atoms with E-state index in [0.717, 1.165) is 18.8 Å². The first-order chi connectivity index (χ1) is 10.3. The molecule has 0 aromatic carbocycles. The van der Waals surface area contributed by atoms with Crippen molar-refractivity contribution < 1.29 is 13.6 Å². The van der Waals surface area contributed by atoms with Crippen LogP contribution in [0.2, 0.25) is 0 Å². The van der Waals surface area contributed by atoms with Gasteiger partial charge in [-0.15, -0.1) is 0 Å². The van der Waals surface area contributed by atoms with Gasteiger partial charge in [0.2, 0.25) is 0 Å². The van der Waals surface area contributed by atoms with Gasteiger partial charge in [-0.2, -0.15) is 0 Å². The van der Waals surface area contributed by atoms with Gasteiger partial charge in [0.1, 0.15) is 5.76 Å². The van der Waals surface area contributed by atoms with Crippen LogP contribution in [0, 0.1) is 0 Å². The zero-order valence-electron chi connectivity index (χ0n) is 12.0. The number of piperidine rings is 1. The SMILES string of the molecule is O=C(NC[C@@H](c1ccco1)N1CCCCC1)c1ccco1. The van der Waals surface area contributed by atoms with E-state index in [2.05, 4.69) is 10.2 Å². The van der Waals surface area contributed by atoms with Crippen molar-refractivity contribution in [3.8, 4) is 0 Å². The van der Waals surface area contributed by atoms with Gasteiger partial charge in [0, 0.05) is 6.54 Å². The van der Waals surface area contributed by atoms with E-state index in [1.165, 1.54) is 25.5 Å². The third-order valence-electron chi connectivity index (χ3n) is 3.90. The van der Waals surface area contributed by atoms with E-state index < -0.39 is 0 Å². The molecule has 1 atom stereocenters. The van der Waals surface area contributed by atoms with Gasteiger partial charge >= 0.3 is 0 Å². The summed E-state index contributed by atoms with van der Waals surface area (Å²) in [6.07, 6.45) is 6.86. The van der Waals surface area contributed by atoms with Crippen molar-refractivity contribution in [3.05, 3.63) is 48.3 Å². The van der Waals surface area contributed by atoms with Crippen LogP contribution in [0.5, 0.6) is 0 Å². The Labute approximate surface area is 123 Å². The van der Waals surface area contributed by atoms with Gasteiger partial charge in [-0.3, -0.25) is 9.69 Å². The smallest absolute Gasteiger partial charge is 0.287 e. The van der Waals surface area contributed by atoms with Crippen molar-refractivity contribution in [3.63, 3.8) is 0 Å². The molecule has 1 aliphatic rings. The standard InChI is InChI=1S/C16H20N2O3/c19-16(15-7-5-11-21-15)17-12-13(14-6-4-10-20-14)18-8-2-1-3-9-18/h4-7,10-11,13H,1-3,8-9,12H2,(H,17,19)/t13-/m0/s1. The fraction of sp³-hybridized carbons (Fsp3) is 0.438. The van der Waals surface area contributed by atoms with E-state index in [1.54, 1.807) is 18.4 Å². The van der Waals surface area contributed by atoms with Gasteiger partial charge in [0.15, 0.2) is 5.76 Å². The Kier molecular flexibility index (Phi) is 4.40. The quantitative estimate of drug-likeness (QED) is 0.919. The molecule has 5 nitrogen and oxygen atoms in total. The van der Waals surface area contributed by atoms with Gasteiger partial charge < -0.3 is 14.2 Å². The molecule has 21 heavy (non-hydrogen) atoms. The molecule has 3 rings (SSSR count). The van der Waals surface area contributed by atoms with Crippen LogP contribution in [0.1, 0.15) is 41.6 Å². The third kappa shape index (κ3) is 3.36. The highest BCUT2D eigenvalue weighted by Gasteiger charge is 2.25. The molecule has 1 aliphatic heterocycles. The minimum atomic E-state index is -0.187. The van der Waals surface area contributed by atoms with E-state index in [0.29, 0.717) is 12.3 Å². The maximum atomic E-state index is 12.0. The molecule has 0 radical (unpaired) electrons.